The third kappa shape index (κ3) is 6.82. The first-order chi connectivity index (χ1) is 15.7. The lowest BCUT2D eigenvalue weighted by molar-refractivity contribution is -0.139. The van der Waals surface area contributed by atoms with Crippen LogP contribution in [0.5, 0.6) is 5.75 Å². The highest BCUT2D eigenvalue weighted by molar-refractivity contribution is 9.08. The predicted octanol–water partition coefficient (Wildman–Crippen LogP) is 4.53. The van der Waals surface area contributed by atoms with Crippen molar-refractivity contribution in [2.24, 2.45) is 7.05 Å². The lowest BCUT2D eigenvalue weighted by Gasteiger charge is -2.16. The highest BCUT2D eigenvalue weighted by atomic mass is 79.9. The van der Waals surface area contributed by atoms with Crippen LogP contribution in [0.4, 0.5) is 0 Å². The Kier molecular flexibility index (Phi) is 11.3. The maximum absolute atomic E-state index is 12.5. The number of carbonyl (C=O) groups excluding carboxylic acids is 1. The van der Waals surface area contributed by atoms with Gasteiger partial charge in [0.15, 0.2) is 0 Å². The summed E-state index contributed by atoms with van der Waals surface area (Å²) in [6.45, 7) is 0. The van der Waals surface area contributed by atoms with Crippen LogP contribution in [-0.2, 0) is 18.3 Å². The van der Waals surface area contributed by atoms with Gasteiger partial charge in [0.2, 0.25) is 0 Å². The van der Waals surface area contributed by atoms with Gasteiger partial charge < -0.3 is 15.5 Å². The Balaban J connectivity index is 0.00000188. The second kappa shape index (κ2) is 13.1. The van der Waals surface area contributed by atoms with Gasteiger partial charge in [0, 0.05) is 13.5 Å². The van der Waals surface area contributed by atoms with E-state index in [0.29, 0.717) is 11.1 Å². The molecule has 11 heteroatoms. The van der Waals surface area contributed by atoms with E-state index < -0.39 is 23.5 Å². The summed E-state index contributed by atoms with van der Waals surface area (Å²) in [5.41, 5.74) is 0.645. The van der Waals surface area contributed by atoms with E-state index in [0.717, 1.165) is 4.68 Å². The molecule has 0 saturated carbocycles. The fourth-order valence-corrected chi connectivity index (χ4v) is 3.56. The number of aliphatic carboxylic acids is 1. The molecule has 0 aliphatic heterocycles. The number of carboxylic acid groups (broad SMARTS) is 1. The third-order valence-corrected chi connectivity index (χ3v) is 5.22. The Labute approximate surface area is 215 Å². The van der Waals surface area contributed by atoms with E-state index in [1.165, 1.54) is 25.4 Å². The number of amides is 1. The van der Waals surface area contributed by atoms with Crippen molar-refractivity contribution in [2.75, 3.05) is 5.83 Å². The minimum absolute atomic E-state index is 0. The van der Waals surface area contributed by atoms with Crippen molar-refractivity contribution in [2.45, 2.75) is 19.9 Å². The van der Waals surface area contributed by atoms with Crippen LogP contribution >= 0.6 is 39.1 Å². The Morgan fingerprint density at radius 2 is 1.68 bits per heavy atom. The normalized spacial score (nSPS) is 10.9. The molecule has 182 valence electrons. The molecule has 0 fully saturated rings. The molecular weight excluding hydrogens is 549 g/mol. The monoisotopic (exact) mass is 571 g/mol. The summed E-state index contributed by atoms with van der Waals surface area (Å²) in [6, 6.07) is 9.68. The van der Waals surface area contributed by atoms with Crippen molar-refractivity contribution in [3.05, 3.63) is 80.2 Å². The average molecular weight is 573 g/mol. The lowest BCUT2D eigenvalue weighted by Crippen LogP contribution is -2.42. The molecule has 3 N–H and O–H groups in total. The van der Waals surface area contributed by atoms with Gasteiger partial charge in [-0.15, -0.1) is 0 Å². The number of hydrogen-bond donors (Lipinski definition) is 3. The fraction of sp³-hybridized carbons (Fsp3) is 0.217. The summed E-state index contributed by atoms with van der Waals surface area (Å²) in [6.07, 6.45) is 1.14. The molecule has 3 aromatic rings. The first-order valence-corrected chi connectivity index (χ1v) is 11.7. The summed E-state index contributed by atoms with van der Waals surface area (Å²) < 4.78 is 1.10. The van der Waals surface area contributed by atoms with Crippen molar-refractivity contribution in [1.29, 1.82) is 0 Å². The van der Waals surface area contributed by atoms with Gasteiger partial charge in [0.05, 0.1) is 27.4 Å². The van der Waals surface area contributed by atoms with Crippen molar-refractivity contribution < 1.29 is 19.8 Å². The number of benzene rings is 2. The molecule has 8 nitrogen and oxygen atoms in total. The van der Waals surface area contributed by atoms with Gasteiger partial charge >= 0.3 is 5.97 Å². The van der Waals surface area contributed by atoms with E-state index >= 15 is 0 Å². The highest BCUT2D eigenvalue weighted by Crippen LogP contribution is 2.26. The Morgan fingerprint density at radius 1 is 1.12 bits per heavy atom. The molecule has 0 aliphatic carbocycles. The largest absolute Gasteiger partial charge is 0.505 e. The summed E-state index contributed by atoms with van der Waals surface area (Å²) in [4.78, 5) is 36.5. The summed E-state index contributed by atoms with van der Waals surface area (Å²) in [5.74, 6) is -0.387. The summed E-state index contributed by atoms with van der Waals surface area (Å²) >= 11 is 15.0. The maximum Gasteiger partial charge on any atom is 0.326 e. The second-order valence-corrected chi connectivity index (χ2v) is 7.51. The molecule has 34 heavy (non-hydrogen) atoms. The van der Waals surface area contributed by atoms with Gasteiger partial charge in [-0.25, -0.2) is 9.48 Å². The third-order valence-electron chi connectivity index (χ3n) is 4.59. The number of aromatic nitrogens is 2. The zero-order valence-electron chi connectivity index (χ0n) is 17.6. The molecular formula is C23H24BrCl2N3O5. The number of carboxylic acids is 1. The highest BCUT2D eigenvalue weighted by Gasteiger charge is 2.24. The van der Waals surface area contributed by atoms with E-state index in [-0.39, 0.29) is 40.8 Å². The van der Waals surface area contributed by atoms with E-state index in [9.17, 15) is 24.6 Å². The quantitative estimate of drug-likeness (QED) is 0.373. The van der Waals surface area contributed by atoms with Gasteiger partial charge in [0.25, 0.3) is 11.5 Å². The molecule has 2 aromatic carbocycles. The maximum atomic E-state index is 12.5. The Hall–Kier alpha value is -2.88. The van der Waals surface area contributed by atoms with Crippen LogP contribution < -0.4 is 10.9 Å². The van der Waals surface area contributed by atoms with Crippen LogP contribution in [0.15, 0.2) is 53.5 Å². The van der Waals surface area contributed by atoms with E-state index in [2.05, 4.69) is 26.3 Å². The minimum atomic E-state index is -1.24. The SMILES string of the molecule is C.CBr.Cn1ncc(O)c(-c2ccc(C[C@H](NC(=O)c3c(Cl)cccc3Cl)C(=O)O)cc2)c1=O. The predicted molar refractivity (Wildman–Crippen MR) is 137 cm³/mol. The Bertz CT molecular complexity index is 1200. The molecule has 1 heterocycles. The topological polar surface area (TPSA) is 122 Å². The van der Waals surface area contributed by atoms with Crippen LogP contribution in [-0.4, -0.2) is 43.7 Å². The molecule has 1 amide bonds. The number of alkyl halides is 1. The van der Waals surface area contributed by atoms with Gasteiger partial charge in [0.1, 0.15) is 11.8 Å². The number of aryl methyl sites for hydroxylation is 1. The molecule has 1 aromatic heterocycles. The first-order valence-electron chi connectivity index (χ1n) is 9.39. The van der Waals surface area contributed by atoms with Crippen LogP contribution in [0.1, 0.15) is 23.3 Å². The van der Waals surface area contributed by atoms with Gasteiger partial charge in [-0.1, -0.05) is 76.9 Å². The van der Waals surface area contributed by atoms with Crippen molar-refractivity contribution in [1.82, 2.24) is 15.1 Å². The number of nitrogens with zero attached hydrogens (tertiary/aromatic N) is 2. The number of nitrogens with one attached hydrogen (secondary N) is 1. The molecule has 3 rings (SSSR count). The minimum Gasteiger partial charge on any atom is -0.505 e. The average Bonchev–Trinajstić information content (AvgIpc) is 2.78. The molecule has 0 radical (unpaired) electrons. The zero-order chi connectivity index (χ0) is 24.7. The number of aromatic hydroxyl groups is 1. The van der Waals surface area contributed by atoms with Crippen molar-refractivity contribution in [3.8, 4) is 16.9 Å². The van der Waals surface area contributed by atoms with Gasteiger partial charge in [-0.2, -0.15) is 5.10 Å². The summed E-state index contributed by atoms with van der Waals surface area (Å²) in [5, 5.41) is 25.9. The fourth-order valence-electron chi connectivity index (χ4n) is 2.99. The van der Waals surface area contributed by atoms with Gasteiger partial charge in [-0.3, -0.25) is 9.59 Å². The molecule has 0 saturated heterocycles. The Morgan fingerprint density at radius 3 is 2.21 bits per heavy atom. The number of rotatable bonds is 6. The molecule has 0 unspecified atom stereocenters. The molecule has 0 bridgehead atoms. The number of carbonyl (C=O) groups is 2. The van der Waals surface area contributed by atoms with E-state index in [4.69, 9.17) is 23.2 Å². The summed E-state index contributed by atoms with van der Waals surface area (Å²) in [7, 11) is 1.46. The molecule has 1 atom stereocenters. The van der Waals surface area contributed by atoms with Gasteiger partial charge in [-0.05, 0) is 29.1 Å². The van der Waals surface area contributed by atoms with Crippen molar-refractivity contribution in [3.63, 3.8) is 0 Å². The van der Waals surface area contributed by atoms with Crippen LogP contribution in [0.25, 0.3) is 11.1 Å². The molecule has 0 aliphatic rings. The smallest absolute Gasteiger partial charge is 0.326 e. The second-order valence-electron chi connectivity index (χ2n) is 6.70. The van der Waals surface area contributed by atoms with Crippen molar-refractivity contribution >= 4 is 51.0 Å². The van der Waals surface area contributed by atoms with E-state index in [1.807, 2.05) is 5.83 Å². The molecule has 0 spiro atoms. The standard InChI is InChI=1S/C21H17Cl2N3O5.CH3Br.CH4/c1-26-20(29)17(16(27)10-24-26)12-7-5-11(6-8-12)9-15(21(30)31)25-19(28)18-13(22)3-2-4-14(18)23;1-2;/h2-8,10,15,27H,9H2,1H3,(H,25,28)(H,30,31);1H3;1H4/t15-;;/m0../s1. The first kappa shape index (κ1) is 29.2. The van der Waals surface area contributed by atoms with Crippen LogP contribution in [0.2, 0.25) is 10.0 Å². The number of halogens is 3. The zero-order valence-corrected chi connectivity index (χ0v) is 20.6. The van der Waals surface area contributed by atoms with Crippen LogP contribution in [0, 0.1) is 0 Å². The van der Waals surface area contributed by atoms with Crippen LogP contribution in [0.3, 0.4) is 0 Å². The number of hydrogen-bond acceptors (Lipinski definition) is 5. The van der Waals surface area contributed by atoms with E-state index in [1.54, 1.807) is 30.3 Å². The lowest BCUT2D eigenvalue weighted by atomic mass is 10.0.